The fourth-order valence-corrected chi connectivity index (χ4v) is 3.47. The monoisotopic (exact) mass is 334 g/mol. The van der Waals surface area contributed by atoms with E-state index < -0.39 is 0 Å². The van der Waals surface area contributed by atoms with Crippen LogP contribution in [0.4, 0.5) is 5.69 Å². The van der Waals surface area contributed by atoms with E-state index in [0.717, 1.165) is 12.2 Å². The zero-order chi connectivity index (χ0) is 16.1. The Kier molecular flexibility index (Phi) is 5.94. The molecule has 0 aliphatic carbocycles. The van der Waals surface area contributed by atoms with E-state index in [0.29, 0.717) is 11.2 Å². The molecule has 1 aromatic carbocycles. The lowest BCUT2D eigenvalue weighted by atomic mass is 10.1. The van der Waals surface area contributed by atoms with Gasteiger partial charge in [-0.15, -0.1) is 11.3 Å². The van der Waals surface area contributed by atoms with Gasteiger partial charge in [0, 0.05) is 5.69 Å². The molecule has 0 saturated heterocycles. The third-order valence-corrected chi connectivity index (χ3v) is 5.14. The number of anilines is 1. The largest absolute Gasteiger partial charge is 0.356 e. The van der Waals surface area contributed by atoms with Gasteiger partial charge in [-0.05, 0) is 54.7 Å². The Morgan fingerprint density at radius 3 is 2.64 bits per heavy atom. The van der Waals surface area contributed by atoms with Crippen molar-refractivity contribution in [1.82, 2.24) is 5.32 Å². The molecule has 0 amide bonds. The van der Waals surface area contributed by atoms with Crippen LogP contribution in [0.2, 0.25) is 0 Å². The molecule has 3 N–H and O–H groups in total. The van der Waals surface area contributed by atoms with Crippen molar-refractivity contribution in [2.75, 3.05) is 26.0 Å². The van der Waals surface area contributed by atoms with Crippen molar-refractivity contribution in [1.29, 1.82) is 0 Å². The minimum atomic E-state index is 0.401. The highest BCUT2D eigenvalue weighted by Gasteiger charge is 2.19. The summed E-state index contributed by atoms with van der Waals surface area (Å²) in [5, 5.41) is 9.46. The number of hydrogen-bond donors (Lipinski definition) is 3. The third-order valence-electron chi connectivity index (χ3n) is 3.90. The van der Waals surface area contributed by atoms with Gasteiger partial charge in [0.1, 0.15) is 6.04 Å². The summed E-state index contributed by atoms with van der Waals surface area (Å²) >= 11 is 7.24. The Hall–Kier alpha value is -1.43. The lowest BCUT2D eigenvalue weighted by Gasteiger charge is -2.22. The summed E-state index contributed by atoms with van der Waals surface area (Å²) < 4.78 is 0. The number of nitrogens with one attached hydrogen (secondary N) is 3. The zero-order valence-electron chi connectivity index (χ0n) is 13.6. The SMILES string of the molecule is Cc1cccc(NC(=S)NC[C@H](c2cccs2)[NH+](C)C)c1C. The van der Waals surface area contributed by atoms with Crippen LogP contribution in [0.15, 0.2) is 35.7 Å². The second-order valence-corrected chi connectivity index (χ2v) is 7.12. The molecular weight excluding hydrogens is 310 g/mol. The number of quaternary nitrogens is 1. The number of aryl methyl sites for hydroxylation is 1. The number of thiocarbonyl (C=S) groups is 1. The van der Waals surface area contributed by atoms with E-state index in [2.05, 4.69) is 68.2 Å². The van der Waals surface area contributed by atoms with Crippen LogP contribution in [-0.4, -0.2) is 25.8 Å². The van der Waals surface area contributed by atoms with Crippen LogP contribution >= 0.6 is 23.6 Å². The topological polar surface area (TPSA) is 28.5 Å². The van der Waals surface area contributed by atoms with Crippen LogP contribution < -0.4 is 15.5 Å². The Morgan fingerprint density at radius 1 is 1.23 bits per heavy atom. The predicted molar refractivity (Wildman–Crippen MR) is 100 cm³/mol. The van der Waals surface area contributed by atoms with Gasteiger partial charge < -0.3 is 15.5 Å². The molecular formula is C17H24N3S2+. The molecule has 0 aliphatic rings. The van der Waals surface area contributed by atoms with Crippen molar-refractivity contribution >= 4 is 34.4 Å². The Morgan fingerprint density at radius 2 is 2.00 bits per heavy atom. The molecule has 0 bridgehead atoms. The van der Waals surface area contributed by atoms with Crippen LogP contribution in [-0.2, 0) is 0 Å². The van der Waals surface area contributed by atoms with Gasteiger partial charge >= 0.3 is 0 Å². The van der Waals surface area contributed by atoms with Crippen molar-refractivity contribution in [3.8, 4) is 0 Å². The maximum atomic E-state index is 5.45. The highest BCUT2D eigenvalue weighted by atomic mass is 32.1. The average molecular weight is 335 g/mol. The molecule has 0 unspecified atom stereocenters. The second-order valence-electron chi connectivity index (χ2n) is 5.73. The average Bonchev–Trinajstić information content (AvgIpc) is 2.98. The summed E-state index contributed by atoms with van der Waals surface area (Å²) in [6, 6.07) is 10.9. The van der Waals surface area contributed by atoms with Crippen LogP contribution in [0.3, 0.4) is 0 Å². The molecule has 0 saturated carbocycles. The van der Waals surface area contributed by atoms with Gasteiger partial charge in [-0.3, -0.25) is 0 Å². The summed E-state index contributed by atoms with van der Waals surface area (Å²) in [4.78, 5) is 2.77. The minimum absolute atomic E-state index is 0.401. The maximum Gasteiger partial charge on any atom is 0.171 e. The molecule has 0 fully saturated rings. The van der Waals surface area contributed by atoms with Crippen LogP contribution in [0.1, 0.15) is 22.0 Å². The zero-order valence-corrected chi connectivity index (χ0v) is 15.2. The molecule has 0 spiro atoms. The van der Waals surface area contributed by atoms with Crippen LogP contribution in [0.5, 0.6) is 0 Å². The van der Waals surface area contributed by atoms with E-state index in [1.807, 2.05) is 6.07 Å². The molecule has 2 rings (SSSR count). The first-order valence-corrected chi connectivity index (χ1v) is 8.72. The highest BCUT2D eigenvalue weighted by Crippen LogP contribution is 2.18. The van der Waals surface area contributed by atoms with E-state index in [1.165, 1.54) is 20.9 Å². The molecule has 1 heterocycles. The number of rotatable bonds is 5. The first-order chi connectivity index (χ1) is 10.5. The normalized spacial score (nSPS) is 12.2. The molecule has 118 valence electrons. The fraction of sp³-hybridized carbons (Fsp3) is 0.353. The van der Waals surface area contributed by atoms with Crippen molar-refractivity contribution in [3.63, 3.8) is 0 Å². The van der Waals surface area contributed by atoms with E-state index in [1.54, 1.807) is 11.3 Å². The van der Waals surface area contributed by atoms with E-state index in [9.17, 15) is 0 Å². The van der Waals surface area contributed by atoms with Gasteiger partial charge in [-0.25, -0.2) is 0 Å². The first kappa shape index (κ1) is 16.9. The summed E-state index contributed by atoms with van der Waals surface area (Å²) in [7, 11) is 4.35. The third kappa shape index (κ3) is 4.29. The summed E-state index contributed by atoms with van der Waals surface area (Å²) in [5.41, 5.74) is 3.57. The quantitative estimate of drug-likeness (QED) is 0.734. The fourth-order valence-electron chi connectivity index (χ4n) is 2.33. The van der Waals surface area contributed by atoms with Gasteiger partial charge in [-0.2, -0.15) is 0 Å². The molecule has 1 aromatic heterocycles. The van der Waals surface area contributed by atoms with Crippen molar-refractivity contribution < 1.29 is 4.90 Å². The number of thiophene rings is 1. The van der Waals surface area contributed by atoms with Crippen molar-refractivity contribution in [3.05, 3.63) is 51.7 Å². The summed E-state index contributed by atoms with van der Waals surface area (Å²) in [6.07, 6.45) is 0. The van der Waals surface area contributed by atoms with Crippen LogP contribution in [0.25, 0.3) is 0 Å². The molecule has 0 aliphatic heterocycles. The van der Waals surface area contributed by atoms with Gasteiger partial charge in [0.25, 0.3) is 0 Å². The summed E-state index contributed by atoms with van der Waals surface area (Å²) in [5.74, 6) is 0. The minimum Gasteiger partial charge on any atom is -0.356 e. The van der Waals surface area contributed by atoms with E-state index in [4.69, 9.17) is 12.2 Å². The number of hydrogen-bond acceptors (Lipinski definition) is 2. The lowest BCUT2D eigenvalue weighted by molar-refractivity contribution is -0.890. The molecule has 22 heavy (non-hydrogen) atoms. The number of likely N-dealkylation sites (N-methyl/N-ethyl adjacent to an activating group) is 1. The van der Waals surface area contributed by atoms with E-state index in [-0.39, 0.29) is 0 Å². The van der Waals surface area contributed by atoms with Gasteiger partial charge in [0.05, 0.1) is 25.5 Å². The van der Waals surface area contributed by atoms with Crippen molar-refractivity contribution in [2.24, 2.45) is 0 Å². The summed E-state index contributed by atoms with van der Waals surface area (Å²) in [6.45, 7) is 5.04. The van der Waals surface area contributed by atoms with Gasteiger partial charge in [0.2, 0.25) is 0 Å². The highest BCUT2D eigenvalue weighted by molar-refractivity contribution is 7.80. The smallest absolute Gasteiger partial charge is 0.171 e. The first-order valence-electron chi connectivity index (χ1n) is 7.43. The Labute approximate surface area is 142 Å². The van der Waals surface area contributed by atoms with Gasteiger partial charge in [-0.1, -0.05) is 18.2 Å². The standard InChI is InChI=1S/C17H23N3S2/c1-12-7-5-8-14(13(12)2)19-17(21)18-11-15(20(3)4)16-9-6-10-22-16/h5-10,15H,11H2,1-4H3,(H2,18,19,21)/p+1/t15-/m1/s1. The Balaban J connectivity index is 1.96. The van der Waals surface area contributed by atoms with Crippen molar-refractivity contribution in [2.45, 2.75) is 19.9 Å². The number of benzene rings is 1. The van der Waals surface area contributed by atoms with Crippen LogP contribution in [0, 0.1) is 13.8 Å². The molecule has 3 nitrogen and oxygen atoms in total. The van der Waals surface area contributed by atoms with Gasteiger partial charge in [0.15, 0.2) is 5.11 Å². The molecule has 0 radical (unpaired) electrons. The van der Waals surface area contributed by atoms with E-state index >= 15 is 0 Å². The molecule has 5 heteroatoms. The maximum absolute atomic E-state index is 5.45. The molecule has 1 atom stereocenters. The molecule has 2 aromatic rings. The Bertz CT molecular complexity index is 621. The lowest BCUT2D eigenvalue weighted by Crippen LogP contribution is -3.06. The second kappa shape index (κ2) is 7.72. The predicted octanol–water partition coefficient (Wildman–Crippen LogP) is 2.54.